The normalized spacial score (nSPS) is 8.25. The average Bonchev–Trinajstić information content (AvgIpc) is 2.08. The first kappa shape index (κ1) is 10.8. The van der Waals surface area contributed by atoms with E-state index in [0.717, 1.165) is 11.1 Å². The van der Waals surface area contributed by atoms with Crippen LogP contribution in [-0.4, -0.2) is 5.11 Å². The van der Waals surface area contributed by atoms with E-state index in [0.29, 0.717) is 0 Å². The summed E-state index contributed by atoms with van der Waals surface area (Å²) >= 11 is 0. The standard InChI is InChI=1S/C9H10O.C2H6/c1-7-4-3-5-9(6-7)8(2)10;1-2/h3-6,10H,2H2,1H3;1-2H3. The van der Waals surface area contributed by atoms with E-state index in [1.165, 1.54) is 0 Å². The van der Waals surface area contributed by atoms with E-state index >= 15 is 0 Å². The molecule has 0 heterocycles. The SMILES string of the molecule is C=C(O)c1cccc(C)c1.CC. The second kappa shape index (κ2) is 5.42. The number of rotatable bonds is 1. The summed E-state index contributed by atoms with van der Waals surface area (Å²) in [6, 6.07) is 7.59. The molecule has 0 aliphatic heterocycles. The fourth-order valence-corrected chi connectivity index (χ4v) is 0.825. The Kier molecular flexibility index (Phi) is 4.86. The first-order valence-electron chi connectivity index (χ1n) is 4.15. The van der Waals surface area contributed by atoms with Gasteiger partial charge in [0, 0.05) is 5.56 Å². The van der Waals surface area contributed by atoms with Gasteiger partial charge >= 0.3 is 0 Å². The molecule has 0 aliphatic carbocycles. The molecule has 12 heavy (non-hydrogen) atoms. The fourth-order valence-electron chi connectivity index (χ4n) is 0.825. The molecule has 0 saturated carbocycles. The van der Waals surface area contributed by atoms with Gasteiger partial charge in [0.1, 0.15) is 5.76 Å². The van der Waals surface area contributed by atoms with Gasteiger partial charge in [0.15, 0.2) is 0 Å². The Hall–Kier alpha value is -1.24. The van der Waals surface area contributed by atoms with Gasteiger partial charge in [0.2, 0.25) is 0 Å². The Balaban J connectivity index is 0.000000561. The zero-order valence-corrected chi connectivity index (χ0v) is 7.96. The molecule has 0 aromatic heterocycles. The molecule has 1 nitrogen and oxygen atoms in total. The van der Waals surface area contributed by atoms with Crippen LogP contribution in [0.25, 0.3) is 5.76 Å². The maximum atomic E-state index is 8.95. The van der Waals surface area contributed by atoms with Crippen LogP contribution in [0.1, 0.15) is 25.0 Å². The van der Waals surface area contributed by atoms with E-state index in [1.54, 1.807) is 0 Å². The van der Waals surface area contributed by atoms with Crippen LogP contribution in [0.2, 0.25) is 0 Å². The lowest BCUT2D eigenvalue weighted by molar-refractivity contribution is 0.514. The number of hydrogen-bond donors (Lipinski definition) is 1. The average molecular weight is 164 g/mol. The maximum Gasteiger partial charge on any atom is 0.115 e. The largest absolute Gasteiger partial charge is 0.508 e. The molecule has 1 heteroatoms. The second-order valence-electron chi connectivity index (χ2n) is 2.32. The highest BCUT2D eigenvalue weighted by Gasteiger charge is 1.92. The van der Waals surface area contributed by atoms with Crippen molar-refractivity contribution in [2.45, 2.75) is 20.8 Å². The zero-order valence-electron chi connectivity index (χ0n) is 7.96. The predicted octanol–water partition coefficient (Wildman–Crippen LogP) is 3.55. The summed E-state index contributed by atoms with van der Waals surface area (Å²) in [7, 11) is 0. The molecule has 1 aromatic rings. The fraction of sp³-hybridized carbons (Fsp3) is 0.273. The molecule has 0 spiro atoms. The number of hydrogen-bond acceptors (Lipinski definition) is 1. The highest BCUT2D eigenvalue weighted by atomic mass is 16.3. The van der Waals surface area contributed by atoms with Crippen LogP contribution < -0.4 is 0 Å². The first-order chi connectivity index (χ1) is 5.70. The number of aliphatic hydroxyl groups is 1. The minimum atomic E-state index is 0.128. The third-order valence-electron chi connectivity index (χ3n) is 1.35. The Morgan fingerprint density at radius 2 is 1.92 bits per heavy atom. The highest BCUT2D eigenvalue weighted by molar-refractivity contribution is 5.56. The summed E-state index contributed by atoms with van der Waals surface area (Å²) in [6.45, 7) is 9.40. The monoisotopic (exact) mass is 164 g/mol. The highest BCUT2D eigenvalue weighted by Crippen LogP contribution is 2.09. The minimum Gasteiger partial charge on any atom is -0.508 e. The van der Waals surface area contributed by atoms with Crippen LogP contribution in [-0.2, 0) is 0 Å². The molecule has 66 valence electrons. The predicted molar refractivity (Wildman–Crippen MR) is 54.2 cm³/mol. The summed E-state index contributed by atoms with van der Waals surface area (Å²) in [5.74, 6) is 0.128. The summed E-state index contributed by atoms with van der Waals surface area (Å²) in [5, 5.41) is 8.95. The molecule has 0 unspecified atom stereocenters. The van der Waals surface area contributed by atoms with Crippen LogP contribution in [0.15, 0.2) is 30.8 Å². The Labute approximate surface area is 74.4 Å². The third-order valence-corrected chi connectivity index (χ3v) is 1.35. The Morgan fingerprint density at radius 1 is 1.33 bits per heavy atom. The summed E-state index contributed by atoms with van der Waals surface area (Å²) in [5.41, 5.74) is 1.92. The lowest BCUT2D eigenvalue weighted by Crippen LogP contribution is -1.80. The smallest absolute Gasteiger partial charge is 0.115 e. The van der Waals surface area contributed by atoms with Gasteiger partial charge in [0.25, 0.3) is 0 Å². The van der Waals surface area contributed by atoms with Gasteiger partial charge in [-0.1, -0.05) is 44.2 Å². The Morgan fingerprint density at radius 3 is 2.25 bits per heavy atom. The summed E-state index contributed by atoms with van der Waals surface area (Å²) < 4.78 is 0. The zero-order chi connectivity index (χ0) is 9.56. The molecule has 1 aromatic carbocycles. The Bertz CT molecular complexity index is 251. The topological polar surface area (TPSA) is 20.2 Å². The van der Waals surface area contributed by atoms with E-state index in [9.17, 15) is 0 Å². The molecule has 0 bridgehead atoms. The molecule has 0 amide bonds. The van der Waals surface area contributed by atoms with Gasteiger partial charge in [0.05, 0.1) is 0 Å². The summed E-state index contributed by atoms with van der Waals surface area (Å²) in [4.78, 5) is 0. The molecule has 0 atom stereocenters. The molecule has 1 N–H and O–H groups in total. The molecule has 0 fully saturated rings. The number of benzene rings is 1. The van der Waals surface area contributed by atoms with Gasteiger partial charge in [-0.05, 0) is 13.0 Å². The number of aliphatic hydroxyl groups excluding tert-OH is 1. The lowest BCUT2D eigenvalue weighted by Gasteiger charge is -1.97. The van der Waals surface area contributed by atoms with E-state index in [2.05, 4.69) is 6.58 Å². The minimum absolute atomic E-state index is 0.128. The van der Waals surface area contributed by atoms with Crippen LogP contribution in [0, 0.1) is 6.92 Å². The lowest BCUT2D eigenvalue weighted by atomic mass is 10.1. The van der Waals surface area contributed by atoms with Crippen molar-refractivity contribution in [3.63, 3.8) is 0 Å². The summed E-state index contributed by atoms with van der Waals surface area (Å²) in [6.07, 6.45) is 0. The van der Waals surface area contributed by atoms with Crippen molar-refractivity contribution in [2.75, 3.05) is 0 Å². The second-order valence-corrected chi connectivity index (χ2v) is 2.32. The van der Waals surface area contributed by atoms with E-state index in [1.807, 2.05) is 45.0 Å². The van der Waals surface area contributed by atoms with Crippen LogP contribution in [0.4, 0.5) is 0 Å². The molecular formula is C11H16O. The molecule has 1 rings (SSSR count). The van der Waals surface area contributed by atoms with Crippen LogP contribution in [0.5, 0.6) is 0 Å². The molecule has 0 radical (unpaired) electrons. The van der Waals surface area contributed by atoms with Crippen molar-refractivity contribution in [1.29, 1.82) is 0 Å². The van der Waals surface area contributed by atoms with Crippen LogP contribution >= 0.6 is 0 Å². The van der Waals surface area contributed by atoms with Crippen LogP contribution in [0.3, 0.4) is 0 Å². The number of aryl methyl sites for hydroxylation is 1. The third kappa shape index (κ3) is 3.24. The maximum absolute atomic E-state index is 8.95. The molecule has 0 saturated heterocycles. The van der Waals surface area contributed by atoms with Crippen molar-refractivity contribution >= 4 is 5.76 Å². The van der Waals surface area contributed by atoms with Gasteiger partial charge in [-0.25, -0.2) is 0 Å². The molecule has 0 aliphatic rings. The van der Waals surface area contributed by atoms with Crippen molar-refractivity contribution in [1.82, 2.24) is 0 Å². The van der Waals surface area contributed by atoms with E-state index < -0.39 is 0 Å². The first-order valence-corrected chi connectivity index (χ1v) is 4.15. The van der Waals surface area contributed by atoms with Gasteiger partial charge < -0.3 is 5.11 Å². The van der Waals surface area contributed by atoms with Crippen molar-refractivity contribution in [3.05, 3.63) is 42.0 Å². The van der Waals surface area contributed by atoms with Crippen molar-refractivity contribution in [2.24, 2.45) is 0 Å². The van der Waals surface area contributed by atoms with Gasteiger partial charge in [-0.2, -0.15) is 0 Å². The van der Waals surface area contributed by atoms with Gasteiger partial charge in [-0.15, -0.1) is 0 Å². The van der Waals surface area contributed by atoms with Gasteiger partial charge in [-0.3, -0.25) is 0 Å². The van der Waals surface area contributed by atoms with E-state index in [4.69, 9.17) is 5.11 Å². The quantitative estimate of drug-likeness (QED) is 0.629. The van der Waals surface area contributed by atoms with Crippen molar-refractivity contribution < 1.29 is 5.11 Å². The van der Waals surface area contributed by atoms with E-state index in [-0.39, 0.29) is 5.76 Å². The molecular weight excluding hydrogens is 148 g/mol. The van der Waals surface area contributed by atoms with Crippen molar-refractivity contribution in [3.8, 4) is 0 Å².